The molecule has 0 bridgehead atoms. The maximum Gasteiger partial charge on any atom is 0.0591 e. The van der Waals surface area contributed by atoms with Gasteiger partial charge in [-0.25, -0.2) is 0 Å². The Kier molecular flexibility index (Phi) is 3.18. The van der Waals surface area contributed by atoms with Gasteiger partial charge in [-0.3, -0.25) is 0 Å². The Balaban J connectivity index is 2.52. The summed E-state index contributed by atoms with van der Waals surface area (Å²) in [6.07, 6.45) is 0. The average molecular weight is 266 g/mol. The molecule has 0 aromatic heterocycles. The monoisotopic (exact) mass is 266 g/mol. The molecule has 1 saturated heterocycles. The highest BCUT2D eigenvalue weighted by atomic mass is 127. The Morgan fingerprint density at radius 1 is 1.64 bits per heavy atom. The molecular weight excluding hydrogens is 251 g/mol. The van der Waals surface area contributed by atoms with Gasteiger partial charge in [0, 0.05) is 12.2 Å². The van der Waals surface area contributed by atoms with Gasteiger partial charge in [-0.05, 0) is 19.4 Å². The largest absolute Gasteiger partial charge is 0.315 e. The van der Waals surface area contributed by atoms with Crippen molar-refractivity contribution in [2.75, 3.05) is 13.1 Å². The highest BCUT2D eigenvalue weighted by Crippen LogP contribution is 2.22. The van der Waals surface area contributed by atoms with E-state index in [9.17, 15) is 0 Å². The van der Waals surface area contributed by atoms with Gasteiger partial charge in [-0.2, -0.15) is 0 Å². The summed E-state index contributed by atoms with van der Waals surface area (Å²) >= 11 is 2.34. The van der Waals surface area contributed by atoms with Crippen molar-refractivity contribution in [3.8, 4) is 0 Å². The van der Waals surface area contributed by atoms with Crippen LogP contribution in [0.2, 0.25) is 0 Å². The van der Waals surface area contributed by atoms with Crippen molar-refractivity contribution in [1.82, 2.24) is 8.43 Å². The van der Waals surface area contributed by atoms with Crippen molar-refractivity contribution in [3.63, 3.8) is 0 Å². The molecule has 0 aliphatic carbocycles. The molecule has 0 saturated carbocycles. The second kappa shape index (κ2) is 3.76. The van der Waals surface area contributed by atoms with Crippen LogP contribution in [0.4, 0.5) is 0 Å². The maximum atomic E-state index is 3.92. The van der Waals surface area contributed by atoms with Gasteiger partial charge in [-0.1, -0.05) is 13.5 Å². The molecule has 1 aliphatic rings. The molecule has 64 valence electrons. The van der Waals surface area contributed by atoms with E-state index in [-0.39, 0.29) is 0 Å². The third-order valence-corrected chi connectivity index (χ3v) is 3.67. The fourth-order valence-electron chi connectivity index (χ4n) is 1.38. The summed E-state index contributed by atoms with van der Waals surface area (Å²) in [6, 6.07) is 0.632. The molecule has 1 heterocycles. The van der Waals surface area contributed by atoms with Gasteiger partial charge in [0.15, 0.2) is 0 Å². The predicted octanol–water partition coefficient (Wildman–Crippen LogP) is 1.78. The first kappa shape index (κ1) is 9.32. The first-order valence-electron chi connectivity index (χ1n) is 3.94. The fraction of sp³-hybridized carbons (Fsp3) is 0.750. The molecule has 2 atom stereocenters. The highest BCUT2D eigenvalue weighted by Gasteiger charge is 2.27. The van der Waals surface area contributed by atoms with Crippen molar-refractivity contribution in [3.05, 3.63) is 12.3 Å². The minimum atomic E-state index is 0.632. The van der Waals surface area contributed by atoms with E-state index in [1.807, 2.05) is 0 Å². The van der Waals surface area contributed by atoms with Crippen LogP contribution in [0.5, 0.6) is 0 Å². The van der Waals surface area contributed by atoms with Gasteiger partial charge in [0.05, 0.1) is 28.9 Å². The van der Waals surface area contributed by atoms with Crippen LogP contribution >= 0.6 is 22.9 Å². The molecule has 1 N–H and O–H groups in total. The Hall–Kier alpha value is 0.230. The van der Waals surface area contributed by atoms with Crippen LogP contribution in [0, 0.1) is 5.92 Å². The molecule has 2 nitrogen and oxygen atoms in total. The van der Waals surface area contributed by atoms with Crippen molar-refractivity contribution in [2.45, 2.75) is 19.9 Å². The quantitative estimate of drug-likeness (QED) is 0.605. The van der Waals surface area contributed by atoms with Crippen LogP contribution in [0.1, 0.15) is 13.8 Å². The first-order valence-corrected chi connectivity index (χ1v) is 4.90. The van der Waals surface area contributed by atoms with Crippen molar-refractivity contribution < 1.29 is 0 Å². The number of hydrogen-bond acceptors (Lipinski definition) is 2. The third-order valence-electron chi connectivity index (χ3n) is 2.13. The van der Waals surface area contributed by atoms with Crippen molar-refractivity contribution in [2.24, 2.45) is 5.92 Å². The minimum absolute atomic E-state index is 0.632. The summed E-state index contributed by atoms with van der Waals surface area (Å²) in [5.41, 5.74) is 1.14. The standard InChI is InChI=1S/C8H15IN2/c1-6(2)11(9)8-5-10-4-7(8)3/h7-8,10H,1,4-5H2,2-3H3/t7-,8+/m0/s1. The van der Waals surface area contributed by atoms with E-state index in [0.29, 0.717) is 6.04 Å². The van der Waals surface area contributed by atoms with Crippen LogP contribution in [0.3, 0.4) is 0 Å². The lowest BCUT2D eigenvalue weighted by Gasteiger charge is -2.26. The summed E-state index contributed by atoms with van der Waals surface area (Å²) in [5.74, 6) is 0.739. The molecule has 0 amide bonds. The van der Waals surface area contributed by atoms with Gasteiger partial charge in [0.1, 0.15) is 0 Å². The van der Waals surface area contributed by atoms with Crippen LogP contribution in [0.15, 0.2) is 12.3 Å². The molecule has 1 fully saturated rings. The summed E-state index contributed by atoms with van der Waals surface area (Å²) in [4.78, 5) is 0. The number of nitrogens with one attached hydrogen (secondary N) is 1. The van der Waals surface area contributed by atoms with E-state index >= 15 is 0 Å². The molecule has 1 aliphatic heterocycles. The van der Waals surface area contributed by atoms with Gasteiger partial charge in [0.25, 0.3) is 0 Å². The molecular formula is C8H15IN2. The lowest BCUT2D eigenvalue weighted by atomic mass is 10.1. The Bertz CT molecular complexity index is 158. The van der Waals surface area contributed by atoms with E-state index in [1.165, 1.54) is 0 Å². The molecule has 3 heteroatoms. The zero-order valence-electron chi connectivity index (χ0n) is 7.10. The average Bonchev–Trinajstić information content (AvgIpc) is 2.33. The SMILES string of the molecule is C=C(C)N(I)[C@@H]1CNC[C@@H]1C. The van der Waals surface area contributed by atoms with Crippen molar-refractivity contribution in [1.29, 1.82) is 0 Å². The molecule has 11 heavy (non-hydrogen) atoms. The zero-order valence-corrected chi connectivity index (χ0v) is 9.26. The van der Waals surface area contributed by atoms with Crippen LogP contribution < -0.4 is 5.32 Å². The zero-order chi connectivity index (χ0) is 8.43. The lowest BCUT2D eigenvalue weighted by molar-refractivity contribution is 0.395. The normalized spacial score (nSPS) is 30.5. The summed E-state index contributed by atoms with van der Waals surface area (Å²) < 4.78 is 2.24. The first-order chi connectivity index (χ1) is 5.13. The van der Waals surface area contributed by atoms with Gasteiger partial charge in [0.2, 0.25) is 0 Å². The van der Waals surface area contributed by atoms with Gasteiger partial charge in [-0.15, -0.1) is 0 Å². The predicted molar refractivity (Wildman–Crippen MR) is 56.5 cm³/mol. The van der Waals surface area contributed by atoms with Crippen LogP contribution in [-0.2, 0) is 0 Å². The topological polar surface area (TPSA) is 15.3 Å². The van der Waals surface area contributed by atoms with Crippen LogP contribution in [0.25, 0.3) is 0 Å². The molecule has 0 radical (unpaired) electrons. The third kappa shape index (κ3) is 2.08. The minimum Gasteiger partial charge on any atom is -0.315 e. The molecule has 0 spiro atoms. The van der Waals surface area contributed by atoms with E-state index in [4.69, 9.17) is 0 Å². The highest BCUT2D eigenvalue weighted by molar-refractivity contribution is 14.1. The Morgan fingerprint density at radius 3 is 2.64 bits per heavy atom. The lowest BCUT2D eigenvalue weighted by Crippen LogP contribution is -2.31. The van der Waals surface area contributed by atoms with E-state index in [0.717, 1.165) is 24.7 Å². The smallest absolute Gasteiger partial charge is 0.0591 e. The second-order valence-electron chi connectivity index (χ2n) is 3.25. The van der Waals surface area contributed by atoms with Crippen molar-refractivity contribution >= 4 is 22.9 Å². The van der Waals surface area contributed by atoms with E-state index < -0.39 is 0 Å². The van der Waals surface area contributed by atoms with Gasteiger partial charge < -0.3 is 8.43 Å². The Labute approximate surface area is 82.5 Å². The summed E-state index contributed by atoms with van der Waals surface area (Å²) in [6.45, 7) is 10.5. The van der Waals surface area contributed by atoms with E-state index in [1.54, 1.807) is 0 Å². The number of halogens is 1. The Morgan fingerprint density at radius 2 is 2.27 bits per heavy atom. The maximum absolute atomic E-state index is 3.92. The molecule has 0 aromatic carbocycles. The number of rotatable bonds is 2. The second-order valence-corrected chi connectivity index (χ2v) is 4.29. The summed E-state index contributed by atoms with van der Waals surface area (Å²) in [5, 5.41) is 3.37. The summed E-state index contributed by atoms with van der Waals surface area (Å²) in [7, 11) is 0. The number of nitrogens with zero attached hydrogens (tertiary/aromatic N) is 1. The number of hydrogen-bond donors (Lipinski definition) is 1. The fourth-order valence-corrected chi connectivity index (χ4v) is 2.13. The van der Waals surface area contributed by atoms with E-state index in [2.05, 4.69) is 51.7 Å². The van der Waals surface area contributed by atoms with Gasteiger partial charge >= 0.3 is 0 Å². The molecule has 1 rings (SSSR count). The molecule has 0 aromatic rings. The number of allylic oxidation sites excluding steroid dienone is 1. The molecule has 0 unspecified atom stereocenters. The van der Waals surface area contributed by atoms with Crippen LogP contribution in [-0.4, -0.2) is 22.2 Å².